The second kappa shape index (κ2) is 8.33. The Morgan fingerprint density at radius 2 is 1.92 bits per heavy atom. The van der Waals surface area contributed by atoms with E-state index < -0.39 is 0 Å². The lowest BCUT2D eigenvalue weighted by Crippen LogP contribution is -2.30. The quantitative estimate of drug-likeness (QED) is 0.514. The van der Waals surface area contributed by atoms with Crippen molar-refractivity contribution in [2.75, 3.05) is 7.11 Å². The van der Waals surface area contributed by atoms with Gasteiger partial charge in [0.15, 0.2) is 4.34 Å². The Morgan fingerprint density at radius 3 is 2.62 bits per heavy atom. The highest BCUT2D eigenvalue weighted by molar-refractivity contribution is 8.02. The molecule has 0 aliphatic rings. The van der Waals surface area contributed by atoms with Gasteiger partial charge in [0, 0.05) is 6.54 Å². The van der Waals surface area contributed by atoms with E-state index in [1.54, 1.807) is 35.6 Å². The van der Waals surface area contributed by atoms with Gasteiger partial charge in [-0.1, -0.05) is 36.0 Å². The minimum atomic E-state index is -0.374. The topological polar surface area (TPSA) is 68.3 Å². The molecule has 0 saturated carbocycles. The standard InChI is InChI=1S/C19H18N2O3S2/c1-12(25-19-21-15-5-3-4-6-16(15)26-19)17(22)20-11-13-7-9-14(10-8-13)18(23)24-2/h3-10,12H,11H2,1-2H3,(H,20,22). The number of amides is 1. The summed E-state index contributed by atoms with van der Waals surface area (Å²) < 4.78 is 6.67. The van der Waals surface area contributed by atoms with Crippen LogP contribution in [0.4, 0.5) is 0 Å². The fraction of sp³-hybridized carbons (Fsp3) is 0.211. The van der Waals surface area contributed by atoms with Gasteiger partial charge in [-0.05, 0) is 36.8 Å². The van der Waals surface area contributed by atoms with Crippen molar-refractivity contribution < 1.29 is 14.3 Å². The molecule has 2 aromatic carbocycles. The van der Waals surface area contributed by atoms with Crippen LogP contribution in [0.1, 0.15) is 22.8 Å². The number of hydrogen-bond acceptors (Lipinski definition) is 6. The van der Waals surface area contributed by atoms with Crippen molar-refractivity contribution in [2.45, 2.75) is 23.1 Å². The molecule has 3 aromatic rings. The molecule has 1 atom stereocenters. The highest BCUT2D eigenvalue weighted by Crippen LogP contribution is 2.31. The normalized spacial score (nSPS) is 11.9. The van der Waals surface area contributed by atoms with Crippen LogP contribution in [0, 0.1) is 0 Å². The highest BCUT2D eigenvalue weighted by Gasteiger charge is 2.16. The minimum absolute atomic E-state index is 0.0497. The zero-order valence-electron chi connectivity index (χ0n) is 14.4. The van der Waals surface area contributed by atoms with E-state index in [1.165, 1.54) is 18.9 Å². The Balaban J connectivity index is 1.54. The van der Waals surface area contributed by atoms with E-state index in [9.17, 15) is 9.59 Å². The van der Waals surface area contributed by atoms with Crippen molar-refractivity contribution in [3.05, 3.63) is 59.7 Å². The maximum absolute atomic E-state index is 12.3. The third kappa shape index (κ3) is 4.42. The van der Waals surface area contributed by atoms with E-state index in [0.29, 0.717) is 12.1 Å². The zero-order valence-corrected chi connectivity index (χ0v) is 16.0. The Kier molecular flexibility index (Phi) is 5.90. The lowest BCUT2D eigenvalue weighted by Gasteiger charge is -2.10. The highest BCUT2D eigenvalue weighted by atomic mass is 32.2. The summed E-state index contributed by atoms with van der Waals surface area (Å²) in [5.74, 6) is -0.423. The van der Waals surface area contributed by atoms with Gasteiger partial charge in [0.25, 0.3) is 0 Å². The monoisotopic (exact) mass is 386 g/mol. The van der Waals surface area contributed by atoms with Crippen LogP contribution in [0.15, 0.2) is 52.9 Å². The van der Waals surface area contributed by atoms with Gasteiger partial charge < -0.3 is 10.1 Å². The lowest BCUT2D eigenvalue weighted by molar-refractivity contribution is -0.120. The first-order chi connectivity index (χ1) is 12.6. The number of aromatic nitrogens is 1. The van der Waals surface area contributed by atoms with Gasteiger partial charge in [-0.15, -0.1) is 11.3 Å². The van der Waals surface area contributed by atoms with Gasteiger partial charge in [0.2, 0.25) is 5.91 Å². The van der Waals surface area contributed by atoms with Gasteiger partial charge in [-0.3, -0.25) is 4.79 Å². The fourth-order valence-corrected chi connectivity index (χ4v) is 4.55. The number of nitrogens with one attached hydrogen (secondary N) is 1. The molecule has 0 aliphatic heterocycles. The molecule has 0 spiro atoms. The summed E-state index contributed by atoms with van der Waals surface area (Å²) >= 11 is 3.05. The van der Waals surface area contributed by atoms with Crippen molar-refractivity contribution in [3.63, 3.8) is 0 Å². The number of para-hydroxylation sites is 1. The predicted molar refractivity (Wildman–Crippen MR) is 105 cm³/mol. The number of thioether (sulfide) groups is 1. The Hall–Kier alpha value is -2.38. The number of fused-ring (bicyclic) bond motifs is 1. The van der Waals surface area contributed by atoms with Gasteiger partial charge in [0.05, 0.1) is 28.1 Å². The van der Waals surface area contributed by atoms with Gasteiger partial charge >= 0.3 is 5.97 Å². The maximum atomic E-state index is 12.3. The number of thiazole rings is 1. The summed E-state index contributed by atoms with van der Waals surface area (Å²) in [6, 6.07) is 14.9. The molecule has 0 bridgehead atoms. The zero-order chi connectivity index (χ0) is 18.5. The number of methoxy groups -OCH3 is 1. The van der Waals surface area contributed by atoms with E-state index in [1.807, 2.05) is 31.2 Å². The third-order valence-electron chi connectivity index (χ3n) is 3.76. The number of rotatable bonds is 6. The van der Waals surface area contributed by atoms with E-state index in [2.05, 4.69) is 15.0 Å². The number of benzene rings is 2. The minimum Gasteiger partial charge on any atom is -0.465 e. The number of carbonyl (C=O) groups excluding carboxylic acids is 2. The number of ether oxygens (including phenoxy) is 1. The van der Waals surface area contributed by atoms with E-state index in [0.717, 1.165) is 20.1 Å². The van der Waals surface area contributed by atoms with Crippen molar-refractivity contribution in [1.29, 1.82) is 0 Å². The summed E-state index contributed by atoms with van der Waals surface area (Å²) in [5.41, 5.74) is 2.36. The molecule has 0 saturated heterocycles. The molecule has 0 fully saturated rings. The second-order valence-corrected chi connectivity index (χ2v) is 8.23. The molecule has 134 valence electrons. The summed E-state index contributed by atoms with van der Waals surface area (Å²) in [5, 5.41) is 2.67. The van der Waals surface area contributed by atoms with Gasteiger partial charge in [-0.2, -0.15) is 0 Å². The second-order valence-electron chi connectivity index (χ2n) is 5.61. The summed E-state index contributed by atoms with van der Waals surface area (Å²) in [4.78, 5) is 28.3. The summed E-state index contributed by atoms with van der Waals surface area (Å²) in [7, 11) is 1.35. The molecule has 7 heteroatoms. The average Bonchev–Trinajstić information content (AvgIpc) is 3.08. The van der Waals surface area contributed by atoms with Crippen molar-refractivity contribution in [3.8, 4) is 0 Å². The van der Waals surface area contributed by atoms with Crippen LogP contribution in [0.5, 0.6) is 0 Å². The number of hydrogen-bond donors (Lipinski definition) is 1. The first-order valence-corrected chi connectivity index (χ1v) is 9.73. The van der Waals surface area contributed by atoms with Crippen molar-refractivity contribution in [1.82, 2.24) is 10.3 Å². The molecule has 26 heavy (non-hydrogen) atoms. The Morgan fingerprint density at radius 1 is 1.19 bits per heavy atom. The van der Waals surface area contributed by atoms with Crippen LogP contribution in [0.3, 0.4) is 0 Å². The van der Waals surface area contributed by atoms with Gasteiger partial charge in [0.1, 0.15) is 0 Å². The fourth-order valence-electron chi connectivity index (χ4n) is 2.32. The van der Waals surface area contributed by atoms with Crippen molar-refractivity contribution in [2.24, 2.45) is 0 Å². The largest absolute Gasteiger partial charge is 0.465 e. The molecule has 0 radical (unpaired) electrons. The van der Waals surface area contributed by atoms with Crippen LogP contribution >= 0.6 is 23.1 Å². The van der Waals surface area contributed by atoms with Crippen LogP contribution < -0.4 is 5.32 Å². The Labute approximate surface area is 159 Å². The average molecular weight is 386 g/mol. The Bertz CT molecular complexity index is 889. The maximum Gasteiger partial charge on any atom is 0.337 e. The first kappa shape index (κ1) is 18.4. The summed E-state index contributed by atoms with van der Waals surface area (Å²) in [6.07, 6.45) is 0. The molecule has 1 N–H and O–H groups in total. The lowest BCUT2D eigenvalue weighted by atomic mass is 10.1. The summed E-state index contributed by atoms with van der Waals surface area (Å²) in [6.45, 7) is 2.28. The van der Waals surface area contributed by atoms with E-state index in [4.69, 9.17) is 0 Å². The van der Waals surface area contributed by atoms with Crippen LogP contribution in [-0.2, 0) is 16.1 Å². The molecular formula is C19H18N2O3S2. The number of carbonyl (C=O) groups is 2. The van der Waals surface area contributed by atoms with Crippen LogP contribution in [0.25, 0.3) is 10.2 Å². The predicted octanol–water partition coefficient (Wildman–Crippen LogP) is 3.88. The molecule has 1 unspecified atom stereocenters. The number of nitrogens with zero attached hydrogens (tertiary/aromatic N) is 1. The molecular weight excluding hydrogens is 368 g/mol. The van der Waals surface area contributed by atoms with Crippen LogP contribution in [-0.4, -0.2) is 29.2 Å². The van der Waals surface area contributed by atoms with E-state index in [-0.39, 0.29) is 17.1 Å². The van der Waals surface area contributed by atoms with Crippen molar-refractivity contribution >= 4 is 45.2 Å². The molecule has 1 aromatic heterocycles. The van der Waals surface area contributed by atoms with Gasteiger partial charge in [-0.25, -0.2) is 9.78 Å². The van der Waals surface area contributed by atoms with E-state index >= 15 is 0 Å². The molecule has 3 rings (SSSR count). The number of esters is 1. The third-order valence-corrected chi connectivity index (χ3v) is 5.99. The smallest absolute Gasteiger partial charge is 0.337 e. The molecule has 5 nitrogen and oxygen atoms in total. The first-order valence-electron chi connectivity index (χ1n) is 8.04. The molecule has 0 aliphatic carbocycles. The van der Waals surface area contributed by atoms with Crippen LogP contribution in [0.2, 0.25) is 0 Å². The SMILES string of the molecule is COC(=O)c1ccc(CNC(=O)C(C)Sc2nc3ccccc3s2)cc1. The molecule has 1 amide bonds. The molecule has 1 heterocycles.